The van der Waals surface area contributed by atoms with E-state index in [0.717, 1.165) is 19.3 Å². The maximum atomic E-state index is 11.8. The van der Waals surface area contributed by atoms with Crippen LogP contribution in [0.2, 0.25) is 0 Å². The Hall–Kier alpha value is -1.72. The van der Waals surface area contributed by atoms with Crippen LogP contribution in [0.3, 0.4) is 0 Å². The van der Waals surface area contributed by atoms with E-state index in [2.05, 4.69) is 15.5 Å². The van der Waals surface area contributed by atoms with Crippen LogP contribution in [0.5, 0.6) is 5.75 Å². The van der Waals surface area contributed by atoms with Gasteiger partial charge < -0.3 is 14.8 Å². The second-order valence-corrected chi connectivity index (χ2v) is 5.77. The number of amides is 1. The molecule has 0 bridgehead atoms. The Bertz CT molecular complexity index is 411. The molecule has 1 saturated carbocycles. The van der Waals surface area contributed by atoms with Crippen LogP contribution < -0.4 is 10.1 Å². The summed E-state index contributed by atoms with van der Waals surface area (Å²) >= 11 is 0. The fourth-order valence-corrected chi connectivity index (χ4v) is 2.17. The quantitative estimate of drug-likeness (QED) is 0.880. The zero-order chi connectivity index (χ0) is 13.9. The van der Waals surface area contributed by atoms with E-state index in [9.17, 15) is 4.79 Å². The standard InChI is InChI=1S/C13H21N3O3/c1-13(2,3)19-12(17)16-10-5-4-6-11(10)18-9-7-14-15-8-9/h7-8,10-11H,4-6H2,1-3H3,(H,14,15)(H,16,17)/t10-,11+/m1/s1. The van der Waals surface area contributed by atoms with Gasteiger partial charge in [-0.05, 0) is 40.0 Å². The van der Waals surface area contributed by atoms with Gasteiger partial charge in [-0.15, -0.1) is 0 Å². The molecule has 19 heavy (non-hydrogen) atoms. The first-order valence-electron chi connectivity index (χ1n) is 6.59. The minimum atomic E-state index is -0.483. The van der Waals surface area contributed by atoms with Crippen molar-refractivity contribution in [1.82, 2.24) is 15.5 Å². The van der Waals surface area contributed by atoms with Crippen LogP contribution in [-0.4, -0.2) is 34.0 Å². The molecular weight excluding hydrogens is 246 g/mol. The predicted octanol–water partition coefficient (Wildman–Crippen LogP) is 2.23. The molecule has 1 fully saturated rings. The molecule has 1 amide bonds. The Kier molecular flexibility index (Phi) is 3.97. The maximum absolute atomic E-state index is 11.8. The van der Waals surface area contributed by atoms with E-state index in [4.69, 9.17) is 9.47 Å². The lowest BCUT2D eigenvalue weighted by Crippen LogP contribution is -2.44. The van der Waals surface area contributed by atoms with Gasteiger partial charge in [-0.1, -0.05) is 0 Å². The van der Waals surface area contributed by atoms with E-state index >= 15 is 0 Å². The first kappa shape index (κ1) is 13.7. The molecule has 2 rings (SSSR count). The average Bonchev–Trinajstić information content (AvgIpc) is 2.89. The molecule has 0 saturated heterocycles. The van der Waals surface area contributed by atoms with Gasteiger partial charge in [-0.2, -0.15) is 5.10 Å². The lowest BCUT2D eigenvalue weighted by atomic mass is 10.2. The first-order chi connectivity index (χ1) is 8.94. The van der Waals surface area contributed by atoms with Gasteiger partial charge in [-0.25, -0.2) is 4.79 Å². The minimum absolute atomic E-state index is 0.00949. The number of rotatable bonds is 3. The molecule has 2 atom stereocenters. The summed E-state index contributed by atoms with van der Waals surface area (Å²) in [5.41, 5.74) is -0.483. The fourth-order valence-electron chi connectivity index (χ4n) is 2.17. The summed E-state index contributed by atoms with van der Waals surface area (Å²) in [6.45, 7) is 5.54. The molecule has 1 aliphatic rings. The van der Waals surface area contributed by atoms with Gasteiger partial charge in [0, 0.05) is 0 Å². The van der Waals surface area contributed by atoms with Crippen LogP contribution in [-0.2, 0) is 4.74 Å². The average molecular weight is 267 g/mol. The van der Waals surface area contributed by atoms with Gasteiger partial charge in [0.25, 0.3) is 0 Å². The van der Waals surface area contributed by atoms with Crippen LogP contribution in [0.25, 0.3) is 0 Å². The number of nitrogens with one attached hydrogen (secondary N) is 2. The second-order valence-electron chi connectivity index (χ2n) is 5.77. The third-order valence-corrected chi connectivity index (χ3v) is 2.92. The van der Waals surface area contributed by atoms with E-state index in [1.165, 1.54) is 0 Å². The Labute approximate surface area is 112 Å². The molecule has 0 aliphatic heterocycles. The first-order valence-corrected chi connectivity index (χ1v) is 6.59. The largest absolute Gasteiger partial charge is 0.485 e. The number of nitrogens with zero attached hydrogens (tertiary/aromatic N) is 1. The lowest BCUT2D eigenvalue weighted by Gasteiger charge is -2.24. The van der Waals surface area contributed by atoms with Crippen LogP contribution in [0, 0.1) is 0 Å². The smallest absolute Gasteiger partial charge is 0.408 e. The van der Waals surface area contributed by atoms with Gasteiger partial charge in [0.2, 0.25) is 0 Å². The number of ether oxygens (including phenoxy) is 2. The summed E-state index contributed by atoms with van der Waals surface area (Å²) in [7, 11) is 0. The maximum Gasteiger partial charge on any atom is 0.408 e. The molecule has 106 valence electrons. The highest BCUT2D eigenvalue weighted by molar-refractivity contribution is 5.68. The monoisotopic (exact) mass is 267 g/mol. The molecule has 0 unspecified atom stereocenters. The molecule has 1 aromatic heterocycles. The third-order valence-electron chi connectivity index (χ3n) is 2.92. The van der Waals surface area contributed by atoms with Crippen LogP contribution in [0.15, 0.2) is 12.4 Å². The number of alkyl carbamates (subject to hydrolysis) is 1. The van der Waals surface area contributed by atoms with Crippen molar-refractivity contribution < 1.29 is 14.3 Å². The molecule has 0 radical (unpaired) electrons. The number of H-pyrrole nitrogens is 1. The van der Waals surface area contributed by atoms with Gasteiger partial charge in [-0.3, -0.25) is 5.10 Å². The van der Waals surface area contributed by atoms with Crippen molar-refractivity contribution in [2.75, 3.05) is 0 Å². The topological polar surface area (TPSA) is 76.2 Å². The lowest BCUT2D eigenvalue weighted by molar-refractivity contribution is 0.0464. The van der Waals surface area contributed by atoms with Crippen molar-refractivity contribution in [1.29, 1.82) is 0 Å². The normalized spacial score (nSPS) is 23.1. The summed E-state index contributed by atoms with van der Waals surface area (Å²) in [6.07, 6.45) is 5.77. The van der Waals surface area contributed by atoms with Crippen molar-refractivity contribution >= 4 is 6.09 Å². The molecule has 1 heterocycles. The van der Waals surface area contributed by atoms with Crippen LogP contribution in [0.4, 0.5) is 4.79 Å². The Morgan fingerprint density at radius 1 is 1.47 bits per heavy atom. The van der Waals surface area contributed by atoms with Crippen molar-refractivity contribution in [3.8, 4) is 5.75 Å². The van der Waals surface area contributed by atoms with Gasteiger partial charge >= 0.3 is 6.09 Å². The summed E-state index contributed by atoms with van der Waals surface area (Å²) < 4.78 is 11.1. The number of carbonyl (C=O) groups is 1. The summed E-state index contributed by atoms with van der Waals surface area (Å²) in [4.78, 5) is 11.8. The van der Waals surface area contributed by atoms with E-state index < -0.39 is 5.60 Å². The van der Waals surface area contributed by atoms with Crippen LogP contribution in [0.1, 0.15) is 40.0 Å². The Morgan fingerprint density at radius 3 is 2.89 bits per heavy atom. The predicted molar refractivity (Wildman–Crippen MR) is 70.0 cm³/mol. The van der Waals surface area contributed by atoms with Crippen LogP contribution >= 0.6 is 0 Å². The molecule has 6 heteroatoms. The molecule has 0 spiro atoms. The number of aromatic nitrogens is 2. The van der Waals surface area contributed by atoms with Gasteiger partial charge in [0.15, 0.2) is 5.75 Å². The molecule has 1 aromatic rings. The molecule has 1 aliphatic carbocycles. The molecular formula is C13H21N3O3. The second kappa shape index (κ2) is 5.50. The molecule has 2 N–H and O–H groups in total. The SMILES string of the molecule is CC(C)(C)OC(=O)N[C@@H]1CCC[C@@H]1Oc1cn[nH]c1. The zero-order valence-electron chi connectivity index (χ0n) is 11.6. The number of hydrogen-bond acceptors (Lipinski definition) is 4. The summed E-state index contributed by atoms with van der Waals surface area (Å²) in [5, 5.41) is 9.42. The number of aromatic amines is 1. The fraction of sp³-hybridized carbons (Fsp3) is 0.692. The zero-order valence-corrected chi connectivity index (χ0v) is 11.6. The highest BCUT2D eigenvalue weighted by Crippen LogP contribution is 2.24. The molecule has 0 aromatic carbocycles. The molecule has 6 nitrogen and oxygen atoms in total. The van der Waals surface area contributed by atoms with E-state index in [1.54, 1.807) is 12.4 Å². The van der Waals surface area contributed by atoms with E-state index in [1.807, 2.05) is 20.8 Å². The Balaban J connectivity index is 1.87. The minimum Gasteiger partial charge on any atom is -0.485 e. The van der Waals surface area contributed by atoms with Gasteiger partial charge in [0.1, 0.15) is 11.7 Å². The summed E-state index contributed by atoms with van der Waals surface area (Å²) in [5.74, 6) is 0.697. The van der Waals surface area contributed by atoms with Crippen molar-refractivity contribution in [3.05, 3.63) is 12.4 Å². The summed E-state index contributed by atoms with van der Waals surface area (Å²) in [6, 6.07) is -0.00949. The Morgan fingerprint density at radius 2 is 2.26 bits per heavy atom. The van der Waals surface area contributed by atoms with Gasteiger partial charge in [0.05, 0.1) is 18.4 Å². The van der Waals surface area contributed by atoms with Crippen molar-refractivity contribution in [2.24, 2.45) is 0 Å². The highest BCUT2D eigenvalue weighted by atomic mass is 16.6. The highest BCUT2D eigenvalue weighted by Gasteiger charge is 2.31. The third kappa shape index (κ3) is 4.15. The number of carbonyl (C=O) groups excluding carboxylic acids is 1. The van der Waals surface area contributed by atoms with Crippen molar-refractivity contribution in [3.63, 3.8) is 0 Å². The number of hydrogen-bond donors (Lipinski definition) is 2. The van der Waals surface area contributed by atoms with E-state index in [0.29, 0.717) is 5.75 Å². The van der Waals surface area contributed by atoms with E-state index in [-0.39, 0.29) is 18.2 Å². The van der Waals surface area contributed by atoms with Crippen molar-refractivity contribution in [2.45, 2.75) is 57.8 Å².